The van der Waals surface area contributed by atoms with E-state index in [0.717, 1.165) is 43.8 Å². The van der Waals surface area contributed by atoms with E-state index in [1.54, 1.807) is 0 Å². The first-order chi connectivity index (χ1) is 13.3. The van der Waals surface area contributed by atoms with Gasteiger partial charge in [0.05, 0.1) is 17.4 Å². The van der Waals surface area contributed by atoms with Gasteiger partial charge in [0, 0.05) is 26.2 Å². The molecule has 1 heterocycles. The van der Waals surface area contributed by atoms with Crippen LogP contribution < -0.4 is 10.6 Å². The summed E-state index contributed by atoms with van der Waals surface area (Å²) in [5, 5.41) is 6.89. The predicted octanol–water partition coefficient (Wildman–Crippen LogP) is 4.23. The van der Waals surface area contributed by atoms with Gasteiger partial charge in [-0.25, -0.2) is 4.98 Å². The maximum absolute atomic E-state index is 4.44. The van der Waals surface area contributed by atoms with Crippen molar-refractivity contribution in [3.8, 4) is 0 Å². The molecule has 1 atom stereocenters. The van der Waals surface area contributed by atoms with E-state index in [9.17, 15) is 0 Å². The SMILES string of the molecule is CN=C(NCCCn1cnc2ccccc21)NC(C)CCc1ccccc1.I. The van der Waals surface area contributed by atoms with E-state index in [4.69, 9.17) is 0 Å². The van der Waals surface area contributed by atoms with Crippen molar-refractivity contribution in [3.63, 3.8) is 0 Å². The monoisotopic (exact) mass is 491 g/mol. The minimum Gasteiger partial charge on any atom is -0.356 e. The zero-order valence-electron chi connectivity index (χ0n) is 16.6. The lowest BCUT2D eigenvalue weighted by molar-refractivity contribution is 0.584. The van der Waals surface area contributed by atoms with Gasteiger partial charge in [-0.05, 0) is 43.9 Å². The molecule has 2 aromatic carbocycles. The second kappa shape index (κ2) is 11.7. The molecule has 1 unspecified atom stereocenters. The van der Waals surface area contributed by atoms with Crippen LogP contribution in [0.1, 0.15) is 25.3 Å². The average molecular weight is 491 g/mol. The average Bonchev–Trinajstić information content (AvgIpc) is 3.12. The number of aryl methyl sites for hydroxylation is 2. The lowest BCUT2D eigenvalue weighted by atomic mass is 10.1. The molecule has 0 saturated heterocycles. The number of fused-ring (bicyclic) bond motifs is 1. The lowest BCUT2D eigenvalue weighted by Crippen LogP contribution is -2.42. The van der Waals surface area contributed by atoms with Crippen LogP contribution in [0, 0.1) is 0 Å². The van der Waals surface area contributed by atoms with E-state index in [2.05, 4.69) is 74.6 Å². The number of aliphatic imine (C=N–C) groups is 1. The van der Waals surface area contributed by atoms with Gasteiger partial charge in [-0.1, -0.05) is 42.5 Å². The molecule has 3 aromatic rings. The van der Waals surface area contributed by atoms with E-state index < -0.39 is 0 Å². The first-order valence-electron chi connectivity index (χ1n) is 9.67. The van der Waals surface area contributed by atoms with E-state index in [-0.39, 0.29) is 24.0 Å². The quantitative estimate of drug-likeness (QED) is 0.215. The molecule has 0 bridgehead atoms. The van der Waals surface area contributed by atoms with Gasteiger partial charge in [0.1, 0.15) is 0 Å². The van der Waals surface area contributed by atoms with E-state index in [1.165, 1.54) is 11.1 Å². The third kappa shape index (κ3) is 6.51. The van der Waals surface area contributed by atoms with Crippen molar-refractivity contribution >= 4 is 41.0 Å². The van der Waals surface area contributed by atoms with Gasteiger partial charge in [0.2, 0.25) is 0 Å². The van der Waals surface area contributed by atoms with Crippen molar-refractivity contribution in [2.45, 2.75) is 38.8 Å². The highest BCUT2D eigenvalue weighted by molar-refractivity contribution is 14.0. The maximum Gasteiger partial charge on any atom is 0.191 e. The van der Waals surface area contributed by atoms with Gasteiger partial charge in [0.25, 0.3) is 0 Å². The molecule has 2 N–H and O–H groups in total. The number of guanidine groups is 1. The number of imidazole rings is 1. The highest BCUT2D eigenvalue weighted by Crippen LogP contribution is 2.11. The predicted molar refractivity (Wildman–Crippen MR) is 128 cm³/mol. The molecule has 0 aliphatic rings. The molecule has 0 amide bonds. The van der Waals surface area contributed by atoms with E-state index in [1.807, 2.05) is 25.5 Å². The molecule has 0 aliphatic heterocycles. The van der Waals surface area contributed by atoms with Crippen LogP contribution in [0.3, 0.4) is 0 Å². The van der Waals surface area contributed by atoms with Gasteiger partial charge in [0.15, 0.2) is 5.96 Å². The Kier molecular flexibility index (Phi) is 9.27. The fraction of sp³-hybridized carbons (Fsp3) is 0.364. The Morgan fingerprint density at radius 3 is 2.64 bits per heavy atom. The third-order valence-electron chi connectivity index (χ3n) is 4.71. The summed E-state index contributed by atoms with van der Waals surface area (Å²) in [5.41, 5.74) is 3.62. The number of nitrogens with one attached hydrogen (secondary N) is 2. The van der Waals surface area contributed by atoms with Crippen molar-refractivity contribution < 1.29 is 0 Å². The molecule has 0 aliphatic carbocycles. The van der Waals surface area contributed by atoms with Gasteiger partial charge in [-0.2, -0.15) is 0 Å². The van der Waals surface area contributed by atoms with Crippen LogP contribution in [-0.2, 0) is 13.0 Å². The molecule has 150 valence electrons. The summed E-state index contributed by atoms with van der Waals surface area (Å²) in [4.78, 5) is 8.78. The van der Waals surface area contributed by atoms with Crippen LogP contribution in [0.4, 0.5) is 0 Å². The Bertz CT molecular complexity index is 860. The first kappa shape index (κ1) is 22.2. The molecule has 5 nitrogen and oxygen atoms in total. The molecule has 3 rings (SSSR count). The maximum atomic E-state index is 4.44. The van der Waals surface area contributed by atoms with Crippen LogP contribution in [0.15, 0.2) is 65.9 Å². The highest BCUT2D eigenvalue weighted by Gasteiger charge is 2.06. The first-order valence-corrected chi connectivity index (χ1v) is 9.67. The molecular weight excluding hydrogens is 461 g/mol. The van der Waals surface area contributed by atoms with E-state index >= 15 is 0 Å². The van der Waals surface area contributed by atoms with Crippen molar-refractivity contribution in [2.75, 3.05) is 13.6 Å². The molecule has 0 radical (unpaired) electrons. The molecule has 28 heavy (non-hydrogen) atoms. The minimum absolute atomic E-state index is 0. The molecule has 0 fully saturated rings. The number of nitrogens with zero attached hydrogens (tertiary/aromatic N) is 3. The Hall–Kier alpha value is -2.09. The zero-order chi connectivity index (χ0) is 18.9. The highest BCUT2D eigenvalue weighted by atomic mass is 127. The second-order valence-corrected chi connectivity index (χ2v) is 6.85. The number of hydrogen-bond donors (Lipinski definition) is 2. The Labute approximate surface area is 184 Å². The fourth-order valence-corrected chi connectivity index (χ4v) is 3.17. The number of rotatable bonds is 8. The standard InChI is InChI=1S/C22H29N5.HI/c1-18(13-14-19-9-4-3-5-10-19)26-22(23-2)24-15-8-16-27-17-25-20-11-6-7-12-21(20)27;/h3-7,9-12,17-18H,8,13-16H2,1-2H3,(H2,23,24,26);1H. The third-order valence-corrected chi connectivity index (χ3v) is 4.71. The fourth-order valence-electron chi connectivity index (χ4n) is 3.17. The Morgan fingerprint density at radius 2 is 1.86 bits per heavy atom. The van der Waals surface area contributed by atoms with Crippen LogP contribution in [-0.4, -0.2) is 35.1 Å². The van der Waals surface area contributed by atoms with Crippen LogP contribution in [0.5, 0.6) is 0 Å². The molecule has 0 spiro atoms. The van der Waals surface area contributed by atoms with Crippen molar-refractivity contribution in [1.82, 2.24) is 20.2 Å². The number of hydrogen-bond acceptors (Lipinski definition) is 2. The summed E-state index contributed by atoms with van der Waals surface area (Å²) < 4.78 is 2.20. The van der Waals surface area contributed by atoms with E-state index in [0.29, 0.717) is 6.04 Å². The summed E-state index contributed by atoms with van der Waals surface area (Å²) in [6.45, 7) is 4.01. The van der Waals surface area contributed by atoms with Crippen molar-refractivity contribution in [3.05, 3.63) is 66.5 Å². The molecule has 1 aromatic heterocycles. The Morgan fingerprint density at radius 1 is 1.11 bits per heavy atom. The van der Waals surface area contributed by atoms with Crippen LogP contribution in [0.25, 0.3) is 11.0 Å². The number of aromatic nitrogens is 2. The number of benzene rings is 2. The van der Waals surface area contributed by atoms with Gasteiger partial charge in [-0.15, -0.1) is 24.0 Å². The summed E-state index contributed by atoms with van der Waals surface area (Å²) in [7, 11) is 1.82. The second-order valence-electron chi connectivity index (χ2n) is 6.85. The van der Waals surface area contributed by atoms with Crippen LogP contribution in [0.2, 0.25) is 0 Å². The smallest absolute Gasteiger partial charge is 0.191 e. The molecule has 0 saturated carbocycles. The molecule has 6 heteroatoms. The number of para-hydroxylation sites is 2. The summed E-state index contributed by atoms with van der Waals surface area (Å²) in [5.74, 6) is 0.867. The van der Waals surface area contributed by atoms with Crippen molar-refractivity contribution in [1.29, 1.82) is 0 Å². The Balaban J connectivity index is 0.00000280. The molecular formula is C22H30IN5. The summed E-state index contributed by atoms with van der Waals surface area (Å²) in [6, 6.07) is 19.2. The lowest BCUT2D eigenvalue weighted by Gasteiger charge is -2.18. The van der Waals surface area contributed by atoms with Crippen LogP contribution >= 0.6 is 24.0 Å². The van der Waals surface area contributed by atoms with Gasteiger partial charge in [-0.3, -0.25) is 4.99 Å². The van der Waals surface area contributed by atoms with Gasteiger partial charge < -0.3 is 15.2 Å². The zero-order valence-corrected chi connectivity index (χ0v) is 19.0. The largest absolute Gasteiger partial charge is 0.356 e. The normalized spacial score (nSPS) is 12.4. The summed E-state index contributed by atoms with van der Waals surface area (Å²) in [6.07, 6.45) is 5.08. The summed E-state index contributed by atoms with van der Waals surface area (Å²) >= 11 is 0. The number of halogens is 1. The minimum atomic E-state index is 0. The topological polar surface area (TPSA) is 54.2 Å². The van der Waals surface area contributed by atoms with Gasteiger partial charge >= 0.3 is 0 Å². The van der Waals surface area contributed by atoms with Crippen molar-refractivity contribution in [2.24, 2.45) is 4.99 Å².